The van der Waals surface area contributed by atoms with Gasteiger partial charge in [0.05, 0.1) is 0 Å². The van der Waals surface area contributed by atoms with Crippen LogP contribution in [-0.4, -0.2) is 20.7 Å². The number of hydrogen-bond acceptors (Lipinski definition) is 2. The van der Waals surface area contributed by atoms with Gasteiger partial charge in [0, 0.05) is 18.6 Å². The monoisotopic (exact) mass is 306 g/mol. The number of carbonyl (C=O) groups excluding carboxylic acids is 1. The highest BCUT2D eigenvalue weighted by Gasteiger charge is 2.44. The Bertz CT molecular complexity index is 416. The number of hydrogen-bond donors (Lipinski definition) is 0. The molecule has 0 aliphatic rings. The number of benzene rings is 1. The summed E-state index contributed by atoms with van der Waals surface area (Å²) in [5.41, 5.74) is 2.46. The first-order valence-electron chi connectivity index (χ1n) is 8.04. The number of Topliss-reactive ketones (excluding diaryl/α,β-unsaturated/α-hetero) is 1. The number of carbonyl (C=O) groups is 1. The topological polar surface area (TPSA) is 26.3 Å². The standard InChI is InChI=1S/C18H30O2Si/c1-14(2)21(15(3)4,16(5)6)20-13-12-18(19)17-10-8-7-9-11-17/h7-11,14-16H,12-13H2,1-6H3. The van der Waals surface area contributed by atoms with Crippen LogP contribution in [0.15, 0.2) is 30.3 Å². The van der Waals surface area contributed by atoms with Gasteiger partial charge in [0.1, 0.15) is 0 Å². The molecule has 0 aromatic heterocycles. The molecule has 0 aliphatic heterocycles. The Labute approximate surface area is 131 Å². The van der Waals surface area contributed by atoms with Crippen LogP contribution in [0.4, 0.5) is 0 Å². The lowest BCUT2D eigenvalue weighted by molar-refractivity contribution is 0.0957. The van der Waals surface area contributed by atoms with Crippen molar-refractivity contribution >= 4 is 14.1 Å². The summed E-state index contributed by atoms with van der Waals surface area (Å²) in [6.45, 7) is 14.2. The van der Waals surface area contributed by atoms with Crippen molar-refractivity contribution in [3.63, 3.8) is 0 Å². The summed E-state index contributed by atoms with van der Waals surface area (Å²) in [6.07, 6.45) is 0.477. The maximum Gasteiger partial charge on any atom is 0.200 e. The fraction of sp³-hybridized carbons (Fsp3) is 0.611. The summed E-state index contributed by atoms with van der Waals surface area (Å²) >= 11 is 0. The molecule has 21 heavy (non-hydrogen) atoms. The SMILES string of the molecule is CC(C)[Si](OCCC(=O)c1ccccc1)(C(C)C)C(C)C. The van der Waals surface area contributed by atoms with E-state index in [0.29, 0.717) is 29.7 Å². The Morgan fingerprint density at radius 1 is 0.952 bits per heavy atom. The maximum atomic E-state index is 12.2. The normalized spacial score (nSPS) is 12.4. The molecule has 0 fully saturated rings. The molecule has 1 aromatic carbocycles. The molecular formula is C18H30O2Si. The molecule has 0 heterocycles. The van der Waals surface area contributed by atoms with Gasteiger partial charge in [-0.1, -0.05) is 71.9 Å². The Kier molecular flexibility index (Phi) is 6.82. The summed E-state index contributed by atoms with van der Waals surface area (Å²) in [7, 11) is -1.85. The van der Waals surface area contributed by atoms with Gasteiger partial charge in [0.2, 0.25) is 0 Å². The third-order valence-corrected chi connectivity index (χ3v) is 10.6. The molecule has 0 saturated carbocycles. The van der Waals surface area contributed by atoms with Gasteiger partial charge in [0.25, 0.3) is 0 Å². The Morgan fingerprint density at radius 2 is 1.43 bits per heavy atom. The zero-order valence-corrected chi connectivity index (χ0v) is 15.3. The molecule has 2 nitrogen and oxygen atoms in total. The average Bonchev–Trinajstić information content (AvgIpc) is 2.43. The minimum absolute atomic E-state index is 0.176. The van der Waals surface area contributed by atoms with Gasteiger partial charge in [-0.2, -0.15) is 0 Å². The van der Waals surface area contributed by atoms with Crippen molar-refractivity contribution in [2.45, 2.75) is 64.6 Å². The van der Waals surface area contributed by atoms with E-state index in [1.54, 1.807) is 0 Å². The molecule has 0 N–H and O–H groups in total. The molecule has 0 unspecified atom stereocenters. The Morgan fingerprint density at radius 3 is 1.86 bits per heavy atom. The van der Waals surface area contributed by atoms with Crippen LogP contribution in [0.3, 0.4) is 0 Å². The van der Waals surface area contributed by atoms with Gasteiger partial charge >= 0.3 is 0 Å². The van der Waals surface area contributed by atoms with Crippen molar-refractivity contribution < 1.29 is 9.22 Å². The molecule has 0 amide bonds. The highest BCUT2D eigenvalue weighted by molar-refractivity contribution is 6.77. The molecule has 0 radical (unpaired) electrons. The first-order chi connectivity index (χ1) is 9.82. The molecule has 118 valence electrons. The lowest BCUT2D eigenvalue weighted by Crippen LogP contribution is -2.48. The molecule has 0 aliphatic carbocycles. The first-order valence-corrected chi connectivity index (χ1v) is 10.2. The fourth-order valence-electron chi connectivity index (χ4n) is 3.59. The van der Waals surface area contributed by atoms with E-state index in [4.69, 9.17) is 4.43 Å². The van der Waals surface area contributed by atoms with E-state index in [0.717, 1.165) is 5.56 Å². The second-order valence-electron chi connectivity index (χ2n) is 6.71. The second kappa shape index (κ2) is 7.90. The van der Waals surface area contributed by atoms with E-state index in [1.807, 2.05) is 30.3 Å². The first kappa shape index (κ1) is 18.1. The minimum Gasteiger partial charge on any atom is -0.416 e. The van der Waals surface area contributed by atoms with Crippen LogP contribution >= 0.6 is 0 Å². The van der Waals surface area contributed by atoms with Crippen LogP contribution in [0.2, 0.25) is 16.6 Å². The predicted octanol–water partition coefficient (Wildman–Crippen LogP) is 5.45. The molecule has 0 saturated heterocycles. The molecule has 0 atom stereocenters. The molecular weight excluding hydrogens is 276 g/mol. The summed E-state index contributed by atoms with van der Waals surface area (Å²) in [4.78, 5) is 12.2. The van der Waals surface area contributed by atoms with Crippen molar-refractivity contribution in [2.75, 3.05) is 6.61 Å². The van der Waals surface area contributed by atoms with Gasteiger partial charge < -0.3 is 4.43 Å². The average molecular weight is 307 g/mol. The second-order valence-corrected chi connectivity index (χ2v) is 12.2. The predicted molar refractivity (Wildman–Crippen MR) is 92.4 cm³/mol. The van der Waals surface area contributed by atoms with Crippen molar-refractivity contribution in [1.82, 2.24) is 0 Å². The Balaban J connectivity index is 2.69. The zero-order chi connectivity index (χ0) is 16.0. The lowest BCUT2D eigenvalue weighted by Gasteiger charge is -2.42. The molecule has 1 aromatic rings. The van der Waals surface area contributed by atoms with Gasteiger partial charge in [-0.15, -0.1) is 0 Å². The van der Waals surface area contributed by atoms with Gasteiger partial charge in [-0.05, 0) is 16.6 Å². The van der Waals surface area contributed by atoms with Crippen molar-refractivity contribution in [1.29, 1.82) is 0 Å². The zero-order valence-electron chi connectivity index (χ0n) is 14.3. The molecule has 3 heteroatoms. The van der Waals surface area contributed by atoms with Crippen LogP contribution in [-0.2, 0) is 4.43 Å². The Hall–Kier alpha value is -0.933. The third-order valence-electron chi connectivity index (χ3n) is 4.48. The quantitative estimate of drug-likeness (QED) is 0.471. The van der Waals surface area contributed by atoms with Crippen LogP contribution in [0.1, 0.15) is 58.3 Å². The highest BCUT2D eigenvalue weighted by atomic mass is 28.4. The highest BCUT2D eigenvalue weighted by Crippen LogP contribution is 2.42. The van der Waals surface area contributed by atoms with E-state index in [9.17, 15) is 4.79 Å². The smallest absolute Gasteiger partial charge is 0.200 e. The van der Waals surface area contributed by atoms with Crippen LogP contribution in [0.25, 0.3) is 0 Å². The lowest BCUT2D eigenvalue weighted by atomic mass is 10.1. The van der Waals surface area contributed by atoms with Crippen molar-refractivity contribution in [3.05, 3.63) is 35.9 Å². The summed E-state index contributed by atoms with van der Waals surface area (Å²) in [5.74, 6) is 0.176. The van der Waals surface area contributed by atoms with Crippen LogP contribution in [0, 0.1) is 0 Å². The molecule has 1 rings (SSSR count). The maximum absolute atomic E-state index is 12.2. The molecule has 0 bridgehead atoms. The van der Waals surface area contributed by atoms with Gasteiger partial charge in [-0.25, -0.2) is 0 Å². The van der Waals surface area contributed by atoms with E-state index < -0.39 is 8.32 Å². The van der Waals surface area contributed by atoms with Gasteiger partial charge in [0.15, 0.2) is 14.1 Å². The van der Waals surface area contributed by atoms with Gasteiger partial charge in [-0.3, -0.25) is 4.79 Å². The van der Waals surface area contributed by atoms with E-state index in [2.05, 4.69) is 41.5 Å². The van der Waals surface area contributed by atoms with E-state index >= 15 is 0 Å². The van der Waals surface area contributed by atoms with Crippen LogP contribution < -0.4 is 0 Å². The van der Waals surface area contributed by atoms with Crippen molar-refractivity contribution in [2.24, 2.45) is 0 Å². The van der Waals surface area contributed by atoms with E-state index in [-0.39, 0.29) is 5.78 Å². The summed E-state index contributed by atoms with van der Waals surface area (Å²) in [5, 5.41) is 0. The third kappa shape index (κ3) is 4.27. The fourth-order valence-corrected chi connectivity index (χ4v) is 9.04. The van der Waals surface area contributed by atoms with E-state index in [1.165, 1.54) is 0 Å². The van der Waals surface area contributed by atoms with Crippen molar-refractivity contribution in [3.8, 4) is 0 Å². The molecule has 0 spiro atoms. The largest absolute Gasteiger partial charge is 0.416 e. The summed E-state index contributed by atoms with van der Waals surface area (Å²) < 4.78 is 6.42. The minimum atomic E-state index is -1.85. The van der Waals surface area contributed by atoms with Crippen LogP contribution in [0.5, 0.6) is 0 Å². The summed E-state index contributed by atoms with van der Waals surface area (Å²) in [6, 6.07) is 9.50. The number of ketones is 1. The number of rotatable bonds is 8.